The highest BCUT2D eigenvalue weighted by Crippen LogP contribution is 2.36. The molecule has 3 atom stereocenters. The predicted octanol–water partition coefficient (Wildman–Crippen LogP) is -0.699. The van der Waals surface area contributed by atoms with Gasteiger partial charge in [0, 0.05) is 6.54 Å². The van der Waals surface area contributed by atoms with E-state index in [1.54, 1.807) is 30.3 Å². The molecule has 1 aromatic rings. The number of hydrogen-bond donors (Lipinski definition) is 2. The third-order valence-corrected chi connectivity index (χ3v) is 5.04. The molecule has 118 valence electrons. The molecular formula is C13H15N3O5S. The summed E-state index contributed by atoms with van der Waals surface area (Å²) < 4.78 is 31.7. The number of carbonyl (C=O) groups excluding carboxylic acids is 2. The summed E-state index contributed by atoms with van der Waals surface area (Å²) in [5.41, 5.74) is 6.55. The van der Waals surface area contributed by atoms with Gasteiger partial charge in [-0.15, -0.1) is 0 Å². The number of rotatable bonds is 3. The first kappa shape index (κ1) is 14.9. The second-order valence-corrected chi connectivity index (χ2v) is 6.62. The fraction of sp³-hybridized carbons (Fsp3) is 0.385. The summed E-state index contributed by atoms with van der Waals surface area (Å²) in [5.74, 6) is -1.22. The summed E-state index contributed by atoms with van der Waals surface area (Å²) >= 11 is 0. The van der Waals surface area contributed by atoms with Gasteiger partial charge in [0.25, 0.3) is 5.91 Å². The monoisotopic (exact) mass is 325 g/mol. The molecule has 2 fully saturated rings. The molecule has 1 unspecified atom stereocenters. The Morgan fingerprint density at radius 2 is 1.95 bits per heavy atom. The summed E-state index contributed by atoms with van der Waals surface area (Å²) in [6, 6.07) is 6.26. The van der Waals surface area contributed by atoms with Gasteiger partial charge in [0.2, 0.25) is 5.91 Å². The van der Waals surface area contributed by atoms with Gasteiger partial charge >= 0.3 is 10.3 Å². The zero-order valence-electron chi connectivity index (χ0n) is 11.5. The average Bonchev–Trinajstić information content (AvgIpc) is 2.83. The molecule has 0 saturated carbocycles. The number of hydrogen-bond acceptors (Lipinski definition) is 5. The lowest BCUT2D eigenvalue weighted by Crippen LogP contribution is -2.68. The van der Waals surface area contributed by atoms with Crippen LogP contribution in [0.2, 0.25) is 0 Å². The van der Waals surface area contributed by atoms with Crippen LogP contribution in [0.15, 0.2) is 30.3 Å². The third-order valence-electron chi connectivity index (χ3n) is 4.09. The normalized spacial score (nSPS) is 25.6. The second kappa shape index (κ2) is 5.04. The van der Waals surface area contributed by atoms with Gasteiger partial charge in [0.15, 0.2) is 0 Å². The van der Waals surface area contributed by atoms with Gasteiger partial charge in [-0.25, -0.2) is 4.31 Å². The SMILES string of the molecule is NC(C(=O)N1CC[C@@H]2[C@H]1C(=O)N2S(=O)(=O)O)c1ccccc1. The first-order valence-corrected chi connectivity index (χ1v) is 8.14. The fourth-order valence-electron chi connectivity index (χ4n) is 3.04. The fourth-order valence-corrected chi connectivity index (χ4v) is 3.94. The Bertz CT molecular complexity index is 720. The van der Waals surface area contributed by atoms with Gasteiger partial charge in [-0.05, 0) is 12.0 Å². The number of nitrogens with zero attached hydrogens (tertiary/aromatic N) is 2. The van der Waals surface area contributed by atoms with Gasteiger partial charge in [-0.3, -0.25) is 14.1 Å². The van der Waals surface area contributed by atoms with E-state index in [0.29, 0.717) is 16.3 Å². The zero-order chi connectivity index (χ0) is 16.1. The van der Waals surface area contributed by atoms with E-state index >= 15 is 0 Å². The maximum Gasteiger partial charge on any atom is 0.362 e. The molecule has 0 spiro atoms. The van der Waals surface area contributed by atoms with Crippen molar-refractivity contribution in [2.24, 2.45) is 5.73 Å². The summed E-state index contributed by atoms with van der Waals surface area (Å²) in [6.45, 7) is 0.229. The lowest BCUT2D eigenvalue weighted by Gasteiger charge is -2.42. The van der Waals surface area contributed by atoms with Gasteiger partial charge in [-0.1, -0.05) is 30.3 Å². The molecule has 2 saturated heterocycles. The smallest absolute Gasteiger partial charge is 0.327 e. The zero-order valence-corrected chi connectivity index (χ0v) is 12.3. The largest absolute Gasteiger partial charge is 0.362 e. The molecule has 1 aromatic carbocycles. The van der Waals surface area contributed by atoms with Crippen LogP contribution in [0.25, 0.3) is 0 Å². The number of carbonyl (C=O) groups is 2. The van der Waals surface area contributed by atoms with Crippen LogP contribution in [0.1, 0.15) is 18.0 Å². The average molecular weight is 325 g/mol. The standard InChI is InChI=1S/C13H15N3O5S/c14-10(8-4-2-1-3-5-8)12(17)15-7-6-9-11(15)13(18)16(9)22(19,20)21/h1-5,9-11H,6-7,14H2,(H,19,20,21)/t9-,10?,11+/m1/s1. The minimum Gasteiger partial charge on any atom is -0.327 e. The molecule has 3 rings (SSSR count). The van der Waals surface area contributed by atoms with E-state index in [9.17, 15) is 18.0 Å². The van der Waals surface area contributed by atoms with Gasteiger partial charge in [0.1, 0.15) is 12.1 Å². The molecule has 0 aliphatic carbocycles. The van der Waals surface area contributed by atoms with Crippen LogP contribution in [0.3, 0.4) is 0 Å². The maximum atomic E-state index is 12.5. The molecule has 3 N–H and O–H groups in total. The van der Waals surface area contributed by atoms with Crippen molar-refractivity contribution in [3.8, 4) is 0 Å². The third kappa shape index (κ3) is 2.18. The van der Waals surface area contributed by atoms with E-state index in [1.165, 1.54) is 4.90 Å². The lowest BCUT2D eigenvalue weighted by atomic mass is 9.99. The van der Waals surface area contributed by atoms with E-state index in [2.05, 4.69) is 0 Å². The highest BCUT2D eigenvalue weighted by atomic mass is 32.2. The molecule has 2 aliphatic heterocycles. The quantitative estimate of drug-likeness (QED) is 0.560. The van der Waals surface area contributed by atoms with Crippen molar-refractivity contribution in [1.29, 1.82) is 0 Å². The first-order chi connectivity index (χ1) is 10.3. The molecular weight excluding hydrogens is 310 g/mol. The topological polar surface area (TPSA) is 121 Å². The van der Waals surface area contributed by atoms with Crippen molar-refractivity contribution < 1.29 is 22.6 Å². The van der Waals surface area contributed by atoms with Crippen LogP contribution < -0.4 is 5.73 Å². The Hall–Kier alpha value is -1.97. The van der Waals surface area contributed by atoms with Crippen LogP contribution in [0.5, 0.6) is 0 Å². The molecule has 2 aliphatic rings. The predicted molar refractivity (Wildman–Crippen MR) is 75.7 cm³/mol. The number of nitrogens with two attached hydrogens (primary N) is 1. The van der Waals surface area contributed by atoms with Crippen molar-refractivity contribution in [1.82, 2.24) is 9.21 Å². The number of likely N-dealkylation sites (tertiary alicyclic amines) is 1. The number of fused-ring (bicyclic) bond motifs is 1. The minimum absolute atomic E-state index is 0.229. The second-order valence-electron chi connectivity index (χ2n) is 5.33. The van der Waals surface area contributed by atoms with E-state index in [0.717, 1.165) is 0 Å². The molecule has 8 nitrogen and oxygen atoms in total. The number of β-lactam (4-membered cyclic amide) rings is 1. The minimum atomic E-state index is -4.58. The number of amides is 2. The molecule has 2 amide bonds. The van der Waals surface area contributed by atoms with Crippen LogP contribution in [-0.4, -0.2) is 52.6 Å². The Morgan fingerprint density at radius 3 is 2.55 bits per heavy atom. The summed E-state index contributed by atoms with van der Waals surface area (Å²) in [5, 5.41) is 0. The van der Waals surface area contributed by atoms with Crippen molar-refractivity contribution in [2.75, 3.05) is 6.54 Å². The van der Waals surface area contributed by atoms with E-state index in [4.69, 9.17) is 10.3 Å². The van der Waals surface area contributed by atoms with Crippen LogP contribution >= 0.6 is 0 Å². The van der Waals surface area contributed by atoms with Crippen LogP contribution in [0.4, 0.5) is 0 Å². The Morgan fingerprint density at radius 1 is 1.32 bits per heavy atom. The molecule has 9 heteroatoms. The van der Waals surface area contributed by atoms with E-state index in [-0.39, 0.29) is 6.54 Å². The lowest BCUT2D eigenvalue weighted by molar-refractivity contribution is -0.152. The van der Waals surface area contributed by atoms with E-state index in [1.807, 2.05) is 0 Å². The first-order valence-electron chi connectivity index (χ1n) is 6.74. The van der Waals surface area contributed by atoms with Crippen LogP contribution in [-0.2, 0) is 19.9 Å². The van der Waals surface area contributed by atoms with Crippen molar-refractivity contribution >= 4 is 22.1 Å². The van der Waals surface area contributed by atoms with Gasteiger partial charge in [-0.2, -0.15) is 8.42 Å². The van der Waals surface area contributed by atoms with Crippen molar-refractivity contribution in [3.05, 3.63) is 35.9 Å². The summed E-state index contributed by atoms with van der Waals surface area (Å²) in [6.07, 6.45) is 0.295. The van der Waals surface area contributed by atoms with Crippen molar-refractivity contribution in [3.63, 3.8) is 0 Å². The summed E-state index contributed by atoms with van der Waals surface area (Å²) in [4.78, 5) is 25.7. The molecule has 0 bridgehead atoms. The molecule has 0 aromatic heterocycles. The summed E-state index contributed by atoms with van der Waals surface area (Å²) in [7, 11) is -4.58. The highest BCUT2D eigenvalue weighted by molar-refractivity contribution is 7.84. The Labute approximate surface area is 127 Å². The Kier molecular flexibility index (Phi) is 3.42. The molecule has 22 heavy (non-hydrogen) atoms. The highest BCUT2D eigenvalue weighted by Gasteiger charge is 2.60. The van der Waals surface area contributed by atoms with Gasteiger partial charge < -0.3 is 10.6 Å². The Balaban J connectivity index is 1.78. The van der Waals surface area contributed by atoms with Crippen molar-refractivity contribution in [2.45, 2.75) is 24.5 Å². The maximum absolute atomic E-state index is 12.5. The van der Waals surface area contributed by atoms with Gasteiger partial charge in [0.05, 0.1) is 6.04 Å². The van der Waals surface area contributed by atoms with E-state index < -0.39 is 40.2 Å². The van der Waals surface area contributed by atoms with Crippen LogP contribution in [0, 0.1) is 0 Å². The molecule has 0 radical (unpaired) electrons. The number of benzene rings is 1. The molecule has 2 heterocycles.